The van der Waals surface area contributed by atoms with Crippen molar-refractivity contribution in [2.45, 2.75) is 70.4 Å². The van der Waals surface area contributed by atoms with Gasteiger partial charge in [-0.15, -0.1) is 0 Å². The van der Waals surface area contributed by atoms with Gasteiger partial charge in [0.2, 0.25) is 5.91 Å². The van der Waals surface area contributed by atoms with Crippen LogP contribution in [0, 0.1) is 5.92 Å². The van der Waals surface area contributed by atoms with Crippen molar-refractivity contribution >= 4 is 5.91 Å². The molecule has 1 fully saturated rings. The van der Waals surface area contributed by atoms with Crippen LogP contribution in [0.3, 0.4) is 0 Å². The van der Waals surface area contributed by atoms with Crippen molar-refractivity contribution in [2.75, 3.05) is 6.54 Å². The monoisotopic (exact) mass is 256 g/mol. The van der Waals surface area contributed by atoms with Crippen molar-refractivity contribution < 1.29 is 9.90 Å². The molecule has 1 rings (SSSR count). The van der Waals surface area contributed by atoms with Gasteiger partial charge in [0, 0.05) is 6.54 Å². The van der Waals surface area contributed by atoms with Gasteiger partial charge in [-0.2, -0.15) is 0 Å². The van der Waals surface area contributed by atoms with Crippen LogP contribution in [0.4, 0.5) is 0 Å². The van der Waals surface area contributed by atoms with E-state index in [0.717, 1.165) is 32.1 Å². The lowest BCUT2D eigenvalue weighted by atomic mass is 9.76. The molecule has 0 aliphatic heterocycles. The summed E-state index contributed by atoms with van der Waals surface area (Å²) in [7, 11) is 0. The van der Waals surface area contributed by atoms with Crippen LogP contribution in [-0.4, -0.2) is 28.7 Å². The molecule has 106 valence electrons. The predicted molar refractivity (Wildman–Crippen MR) is 73.1 cm³/mol. The Balaban J connectivity index is 2.49. The minimum Gasteiger partial charge on any atom is -0.388 e. The first-order valence-electron chi connectivity index (χ1n) is 7.09. The molecule has 1 aliphatic carbocycles. The van der Waals surface area contributed by atoms with Crippen molar-refractivity contribution in [3.05, 3.63) is 0 Å². The molecule has 3 unspecified atom stereocenters. The predicted octanol–water partition coefficient (Wildman–Crippen LogP) is 1.56. The Morgan fingerprint density at radius 3 is 2.83 bits per heavy atom. The molecular weight excluding hydrogens is 228 g/mol. The fourth-order valence-corrected chi connectivity index (χ4v) is 2.87. The highest BCUT2D eigenvalue weighted by Crippen LogP contribution is 2.30. The summed E-state index contributed by atoms with van der Waals surface area (Å²) in [5.74, 6) is 0.399. The van der Waals surface area contributed by atoms with Crippen molar-refractivity contribution in [1.29, 1.82) is 0 Å². The fraction of sp³-hybridized carbons (Fsp3) is 0.929. The Bertz CT molecular complexity index is 292. The van der Waals surface area contributed by atoms with Crippen LogP contribution >= 0.6 is 0 Å². The quantitative estimate of drug-likeness (QED) is 0.699. The summed E-state index contributed by atoms with van der Waals surface area (Å²) < 4.78 is 0. The molecule has 1 aliphatic rings. The molecule has 4 heteroatoms. The molecule has 1 saturated carbocycles. The minimum absolute atomic E-state index is 0.106. The summed E-state index contributed by atoms with van der Waals surface area (Å²) in [5.41, 5.74) is 4.63. The molecule has 18 heavy (non-hydrogen) atoms. The average molecular weight is 256 g/mol. The number of carbonyl (C=O) groups is 1. The summed E-state index contributed by atoms with van der Waals surface area (Å²) in [6, 6.07) is 0. The number of carbonyl (C=O) groups excluding carboxylic acids is 1. The zero-order valence-corrected chi connectivity index (χ0v) is 12.0. The van der Waals surface area contributed by atoms with E-state index in [0.29, 0.717) is 12.3 Å². The molecule has 0 aromatic rings. The second-order valence-corrected chi connectivity index (χ2v) is 6.29. The third-order valence-electron chi connectivity index (χ3n) is 3.90. The summed E-state index contributed by atoms with van der Waals surface area (Å²) in [4.78, 5) is 12.2. The topological polar surface area (TPSA) is 75.3 Å². The fourth-order valence-electron chi connectivity index (χ4n) is 2.87. The standard InChI is InChI=1S/C14H28N2O2/c1-4-7-13(3,18)10-16-12(17)14(15)8-5-6-11(2)9-14/h11,18H,4-10,15H2,1-3H3,(H,16,17). The van der Waals surface area contributed by atoms with Crippen LogP contribution < -0.4 is 11.1 Å². The first kappa shape index (κ1) is 15.4. The number of nitrogens with two attached hydrogens (primary N) is 1. The van der Waals surface area contributed by atoms with Crippen molar-refractivity contribution in [3.8, 4) is 0 Å². The Hall–Kier alpha value is -0.610. The number of rotatable bonds is 5. The van der Waals surface area contributed by atoms with Gasteiger partial charge in [-0.1, -0.05) is 33.1 Å². The van der Waals surface area contributed by atoms with E-state index in [1.165, 1.54) is 0 Å². The summed E-state index contributed by atoms with van der Waals surface area (Å²) >= 11 is 0. The molecule has 0 radical (unpaired) electrons. The van der Waals surface area contributed by atoms with E-state index in [-0.39, 0.29) is 12.5 Å². The zero-order chi connectivity index (χ0) is 13.8. The van der Waals surface area contributed by atoms with E-state index >= 15 is 0 Å². The van der Waals surface area contributed by atoms with Gasteiger partial charge < -0.3 is 16.2 Å². The van der Waals surface area contributed by atoms with Gasteiger partial charge in [0.25, 0.3) is 0 Å². The molecule has 4 N–H and O–H groups in total. The highest BCUT2D eigenvalue weighted by molar-refractivity contribution is 5.86. The van der Waals surface area contributed by atoms with Crippen molar-refractivity contribution in [3.63, 3.8) is 0 Å². The SMILES string of the molecule is CCCC(C)(O)CNC(=O)C1(N)CCCC(C)C1. The second kappa shape index (κ2) is 6.02. The van der Waals surface area contributed by atoms with Gasteiger partial charge >= 0.3 is 0 Å². The van der Waals surface area contributed by atoms with Crippen LogP contribution in [0.15, 0.2) is 0 Å². The highest BCUT2D eigenvalue weighted by Gasteiger charge is 2.38. The molecule has 0 spiro atoms. The number of hydrogen-bond donors (Lipinski definition) is 3. The lowest BCUT2D eigenvalue weighted by Gasteiger charge is -2.36. The lowest BCUT2D eigenvalue weighted by molar-refractivity contribution is -0.129. The van der Waals surface area contributed by atoms with Crippen LogP contribution in [0.25, 0.3) is 0 Å². The van der Waals surface area contributed by atoms with Gasteiger partial charge in [0.05, 0.1) is 11.1 Å². The minimum atomic E-state index is -0.832. The van der Waals surface area contributed by atoms with Crippen LogP contribution in [0.2, 0.25) is 0 Å². The van der Waals surface area contributed by atoms with Crippen LogP contribution in [-0.2, 0) is 4.79 Å². The Kier molecular flexibility index (Phi) is 5.17. The smallest absolute Gasteiger partial charge is 0.240 e. The van der Waals surface area contributed by atoms with Gasteiger partial charge in [0.1, 0.15) is 0 Å². The highest BCUT2D eigenvalue weighted by atomic mass is 16.3. The number of aliphatic hydroxyl groups is 1. The average Bonchev–Trinajstić information content (AvgIpc) is 2.25. The van der Waals surface area contributed by atoms with Crippen LogP contribution in [0.1, 0.15) is 59.3 Å². The van der Waals surface area contributed by atoms with E-state index in [4.69, 9.17) is 5.73 Å². The summed E-state index contributed by atoms with van der Waals surface area (Å²) in [5, 5.41) is 12.9. The number of amides is 1. The molecule has 0 heterocycles. The van der Waals surface area contributed by atoms with Gasteiger partial charge in [-0.05, 0) is 32.1 Å². The van der Waals surface area contributed by atoms with Gasteiger partial charge in [-0.3, -0.25) is 4.79 Å². The molecule has 3 atom stereocenters. The maximum atomic E-state index is 12.2. The van der Waals surface area contributed by atoms with Crippen LogP contribution in [0.5, 0.6) is 0 Å². The van der Waals surface area contributed by atoms with E-state index in [1.54, 1.807) is 6.92 Å². The van der Waals surface area contributed by atoms with E-state index < -0.39 is 11.1 Å². The first-order chi connectivity index (χ1) is 8.29. The maximum absolute atomic E-state index is 12.2. The molecule has 0 saturated heterocycles. The zero-order valence-electron chi connectivity index (χ0n) is 12.0. The first-order valence-corrected chi connectivity index (χ1v) is 7.09. The van der Waals surface area contributed by atoms with Gasteiger partial charge in [0.15, 0.2) is 0 Å². The molecule has 0 aromatic carbocycles. The van der Waals surface area contributed by atoms with Gasteiger partial charge in [-0.25, -0.2) is 0 Å². The maximum Gasteiger partial charge on any atom is 0.240 e. The lowest BCUT2D eigenvalue weighted by Crippen LogP contribution is -2.58. The van der Waals surface area contributed by atoms with Crippen molar-refractivity contribution in [1.82, 2.24) is 5.32 Å². The Labute approximate surface area is 110 Å². The molecular formula is C14H28N2O2. The number of hydrogen-bond acceptors (Lipinski definition) is 3. The normalized spacial score (nSPS) is 31.7. The molecule has 4 nitrogen and oxygen atoms in total. The molecule has 0 aromatic heterocycles. The second-order valence-electron chi connectivity index (χ2n) is 6.29. The summed E-state index contributed by atoms with van der Waals surface area (Å²) in [6.45, 7) is 6.20. The molecule has 1 amide bonds. The van der Waals surface area contributed by atoms with Crippen molar-refractivity contribution in [2.24, 2.45) is 11.7 Å². The third kappa shape index (κ3) is 4.25. The Morgan fingerprint density at radius 1 is 1.61 bits per heavy atom. The third-order valence-corrected chi connectivity index (χ3v) is 3.90. The summed E-state index contributed by atoms with van der Waals surface area (Å²) in [6.07, 6.45) is 5.24. The largest absolute Gasteiger partial charge is 0.388 e. The molecule has 0 bridgehead atoms. The van der Waals surface area contributed by atoms with E-state index in [1.807, 2.05) is 6.92 Å². The van der Waals surface area contributed by atoms with E-state index in [9.17, 15) is 9.90 Å². The van der Waals surface area contributed by atoms with E-state index in [2.05, 4.69) is 12.2 Å². The number of nitrogens with one attached hydrogen (secondary N) is 1. The Morgan fingerprint density at radius 2 is 2.28 bits per heavy atom.